The molecule has 124 valence electrons. The van der Waals surface area contributed by atoms with Crippen LogP contribution in [0.5, 0.6) is 0 Å². The maximum atomic E-state index is 11.7. The summed E-state index contributed by atoms with van der Waals surface area (Å²) in [7, 11) is 0. The van der Waals surface area contributed by atoms with Crippen molar-refractivity contribution in [2.75, 3.05) is 12.4 Å². The summed E-state index contributed by atoms with van der Waals surface area (Å²) in [6, 6.07) is -0.101. The number of esters is 1. The van der Waals surface area contributed by atoms with Crippen LogP contribution in [0.1, 0.15) is 72.1 Å². The van der Waals surface area contributed by atoms with Gasteiger partial charge in [-0.1, -0.05) is 58.8 Å². The third-order valence-electron chi connectivity index (χ3n) is 4.16. The van der Waals surface area contributed by atoms with Crippen LogP contribution < -0.4 is 5.32 Å². The van der Waals surface area contributed by atoms with E-state index in [0.29, 0.717) is 17.9 Å². The van der Waals surface area contributed by atoms with Crippen molar-refractivity contribution in [3.8, 4) is 0 Å². The fourth-order valence-corrected chi connectivity index (χ4v) is 4.13. The van der Waals surface area contributed by atoms with Crippen molar-refractivity contribution >= 4 is 17.7 Å². The Morgan fingerprint density at radius 3 is 2.52 bits per heavy atom. The molecule has 1 N–H and O–H groups in total. The molecular weight excluding hydrogens is 282 g/mol. The van der Waals surface area contributed by atoms with Gasteiger partial charge in [-0.05, 0) is 19.3 Å². The molecule has 1 saturated heterocycles. The molecule has 4 heteroatoms. The molecule has 2 unspecified atom stereocenters. The van der Waals surface area contributed by atoms with Crippen LogP contribution >= 0.6 is 11.8 Å². The van der Waals surface area contributed by atoms with Crippen LogP contribution in [0.4, 0.5) is 0 Å². The Morgan fingerprint density at radius 2 is 1.86 bits per heavy atom. The quantitative estimate of drug-likeness (QED) is 0.454. The Labute approximate surface area is 135 Å². The Morgan fingerprint density at radius 1 is 1.19 bits per heavy atom. The van der Waals surface area contributed by atoms with Gasteiger partial charge in [-0.25, -0.2) is 0 Å². The summed E-state index contributed by atoms with van der Waals surface area (Å²) in [6.07, 6.45) is 10.8. The number of thioether (sulfide) groups is 1. The largest absolute Gasteiger partial charge is 0.465 e. The first-order valence-electron chi connectivity index (χ1n) is 8.73. The number of hydrogen-bond acceptors (Lipinski definition) is 4. The van der Waals surface area contributed by atoms with Crippen LogP contribution in [0, 0.1) is 5.92 Å². The molecular formula is C17H33NO2S. The van der Waals surface area contributed by atoms with Crippen LogP contribution in [0.15, 0.2) is 0 Å². The summed E-state index contributed by atoms with van der Waals surface area (Å²) in [5.74, 6) is 1.39. The lowest BCUT2D eigenvalue weighted by Crippen LogP contribution is -2.40. The molecule has 0 bridgehead atoms. The Kier molecular flexibility index (Phi) is 10.2. The van der Waals surface area contributed by atoms with E-state index in [9.17, 15) is 4.79 Å². The monoisotopic (exact) mass is 315 g/mol. The number of carbonyl (C=O) groups is 1. The molecule has 0 radical (unpaired) electrons. The highest BCUT2D eigenvalue weighted by Gasteiger charge is 2.33. The maximum absolute atomic E-state index is 11.7. The number of rotatable bonds is 11. The average molecular weight is 316 g/mol. The molecule has 0 aromatic heterocycles. The molecule has 0 aromatic rings. The SMILES string of the molecule is CCCCCCCCCC(C)C1N[C@H](C(=O)OCC)CS1. The van der Waals surface area contributed by atoms with E-state index in [1.807, 2.05) is 18.7 Å². The number of hydrogen-bond donors (Lipinski definition) is 1. The highest BCUT2D eigenvalue weighted by Crippen LogP contribution is 2.28. The van der Waals surface area contributed by atoms with Gasteiger partial charge in [0.25, 0.3) is 0 Å². The molecule has 1 fully saturated rings. The van der Waals surface area contributed by atoms with Gasteiger partial charge in [-0.15, -0.1) is 11.8 Å². The Hall–Kier alpha value is -0.220. The Bertz CT molecular complexity index is 286. The molecule has 1 heterocycles. The van der Waals surface area contributed by atoms with Crippen molar-refractivity contribution in [3.05, 3.63) is 0 Å². The molecule has 0 saturated carbocycles. The van der Waals surface area contributed by atoms with Crippen LogP contribution in [-0.4, -0.2) is 29.7 Å². The minimum atomic E-state index is -0.101. The number of carbonyl (C=O) groups excluding carboxylic acids is 1. The normalized spacial score (nSPS) is 23.2. The van der Waals surface area contributed by atoms with Crippen molar-refractivity contribution in [2.45, 2.75) is 83.6 Å². The third kappa shape index (κ3) is 7.55. The smallest absolute Gasteiger partial charge is 0.324 e. The highest BCUT2D eigenvalue weighted by atomic mass is 32.2. The summed E-state index contributed by atoms with van der Waals surface area (Å²) in [5, 5.41) is 3.85. The van der Waals surface area contributed by atoms with Crippen molar-refractivity contribution in [1.29, 1.82) is 0 Å². The van der Waals surface area contributed by atoms with Crippen molar-refractivity contribution < 1.29 is 9.53 Å². The molecule has 0 amide bonds. The molecule has 3 atom stereocenters. The molecule has 21 heavy (non-hydrogen) atoms. The summed E-state index contributed by atoms with van der Waals surface area (Å²) in [4.78, 5) is 11.7. The fourth-order valence-electron chi connectivity index (χ4n) is 2.78. The van der Waals surface area contributed by atoms with Crippen molar-refractivity contribution in [3.63, 3.8) is 0 Å². The van der Waals surface area contributed by atoms with Gasteiger partial charge in [0.05, 0.1) is 12.0 Å². The second kappa shape index (κ2) is 11.4. The van der Waals surface area contributed by atoms with Crippen molar-refractivity contribution in [2.24, 2.45) is 5.92 Å². The van der Waals surface area contributed by atoms with Gasteiger partial charge in [0.15, 0.2) is 0 Å². The minimum Gasteiger partial charge on any atom is -0.465 e. The molecule has 3 nitrogen and oxygen atoms in total. The van der Waals surface area contributed by atoms with E-state index < -0.39 is 0 Å². The van der Waals surface area contributed by atoms with Gasteiger partial charge in [0.1, 0.15) is 6.04 Å². The lowest BCUT2D eigenvalue weighted by Gasteiger charge is -2.19. The van der Waals surface area contributed by atoms with Gasteiger partial charge >= 0.3 is 5.97 Å². The van der Waals surface area contributed by atoms with E-state index >= 15 is 0 Å². The van der Waals surface area contributed by atoms with E-state index in [0.717, 1.165) is 5.75 Å². The van der Waals surface area contributed by atoms with Gasteiger partial charge in [0.2, 0.25) is 0 Å². The van der Waals surface area contributed by atoms with Gasteiger partial charge in [-0.2, -0.15) is 0 Å². The van der Waals surface area contributed by atoms with Crippen LogP contribution in [-0.2, 0) is 9.53 Å². The number of ether oxygens (including phenoxy) is 1. The van der Waals surface area contributed by atoms with E-state index in [4.69, 9.17) is 4.74 Å². The first-order chi connectivity index (χ1) is 10.2. The lowest BCUT2D eigenvalue weighted by molar-refractivity contribution is -0.144. The predicted molar refractivity (Wildman–Crippen MR) is 91.6 cm³/mol. The fraction of sp³-hybridized carbons (Fsp3) is 0.941. The second-order valence-electron chi connectivity index (χ2n) is 6.11. The first kappa shape index (κ1) is 18.8. The molecule has 1 aliphatic rings. The van der Waals surface area contributed by atoms with Crippen molar-refractivity contribution in [1.82, 2.24) is 5.32 Å². The van der Waals surface area contributed by atoms with Crippen LogP contribution in [0.2, 0.25) is 0 Å². The molecule has 1 aliphatic heterocycles. The van der Waals surface area contributed by atoms with Crippen LogP contribution in [0.25, 0.3) is 0 Å². The molecule has 1 rings (SSSR count). The maximum Gasteiger partial charge on any atom is 0.324 e. The van der Waals surface area contributed by atoms with E-state index in [2.05, 4.69) is 19.2 Å². The average Bonchev–Trinajstić information content (AvgIpc) is 2.96. The zero-order valence-electron chi connectivity index (χ0n) is 14.0. The van der Waals surface area contributed by atoms with Gasteiger partial charge in [-0.3, -0.25) is 10.1 Å². The lowest BCUT2D eigenvalue weighted by atomic mass is 10.0. The molecule has 0 spiro atoms. The van der Waals surface area contributed by atoms with E-state index in [1.165, 1.54) is 51.4 Å². The van der Waals surface area contributed by atoms with Crippen LogP contribution in [0.3, 0.4) is 0 Å². The number of nitrogens with one attached hydrogen (secondary N) is 1. The van der Waals surface area contributed by atoms with Gasteiger partial charge in [0, 0.05) is 5.75 Å². The van der Waals surface area contributed by atoms with E-state index in [1.54, 1.807) is 0 Å². The summed E-state index contributed by atoms with van der Waals surface area (Å²) in [5.41, 5.74) is 0. The van der Waals surface area contributed by atoms with E-state index in [-0.39, 0.29) is 12.0 Å². The van der Waals surface area contributed by atoms with Gasteiger partial charge < -0.3 is 4.74 Å². The minimum absolute atomic E-state index is 0.0874. The standard InChI is InChI=1S/C17H33NO2S/c1-4-6-7-8-9-10-11-12-14(3)16-18-15(13-21-16)17(19)20-5-2/h14-16,18H,4-13H2,1-3H3/t14?,15-,16?/m0/s1. The zero-order valence-corrected chi connectivity index (χ0v) is 14.8. The zero-order chi connectivity index (χ0) is 15.5. The molecule has 0 aromatic carbocycles. The second-order valence-corrected chi connectivity index (χ2v) is 7.29. The third-order valence-corrected chi connectivity index (χ3v) is 5.64. The molecule has 0 aliphatic carbocycles. The summed E-state index contributed by atoms with van der Waals surface area (Å²) in [6.45, 7) is 6.90. The summed E-state index contributed by atoms with van der Waals surface area (Å²) < 4.78 is 5.08. The number of unbranched alkanes of at least 4 members (excludes halogenated alkanes) is 6. The Balaban J connectivity index is 2.08. The predicted octanol–water partition coefficient (Wildman–Crippen LogP) is 4.36. The first-order valence-corrected chi connectivity index (χ1v) is 9.78. The summed E-state index contributed by atoms with van der Waals surface area (Å²) >= 11 is 1.88. The highest BCUT2D eigenvalue weighted by molar-refractivity contribution is 8.00. The topological polar surface area (TPSA) is 38.3 Å².